The summed E-state index contributed by atoms with van der Waals surface area (Å²) in [4.78, 5) is 133. The molecule has 0 spiro atoms. The molecule has 4 bridgehead atoms. The van der Waals surface area contributed by atoms with E-state index in [1.54, 1.807) is 0 Å². The van der Waals surface area contributed by atoms with Crippen LogP contribution >= 0.6 is 0 Å². The second kappa shape index (κ2) is 20.3. The van der Waals surface area contributed by atoms with E-state index in [-0.39, 0.29) is 108 Å². The molecule has 2 atom stereocenters. The normalized spacial score (nSPS) is 18.5. The second-order valence-corrected chi connectivity index (χ2v) is 14.8. The van der Waals surface area contributed by atoms with Crippen molar-refractivity contribution in [2.75, 3.05) is 52.5 Å². The van der Waals surface area contributed by atoms with E-state index in [2.05, 4.69) is 21.3 Å². The number of fused-ring (bicyclic) bond motifs is 2. The molecule has 4 aliphatic rings. The highest BCUT2D eigenvalue weighted by atomic mass is 16.5. The molecule has 1 fully saturated rings. The summed E-state index contributed by atoms with van der Waals surface area (Å²) in [5.41, 5.74) is -7.28. The summed E-state index contributed by atoms with van der Waals surface area (Å²) < 4.78 is 5.66. The first-order valence-electron chi connectivity index (χ1n) is 20.2. The Morgan fingerprint density at radius 1 is 0.492 bits per heavy atom. The van der Waals surface area contributed by atoms with Crippen molar-refractivity contribution in [3.8, 4) is 0 Å². The lowest BCUT2D eigenvalue weighted by Crippen LogP contribution is -2.52. The van der Waals surface area contributed by atoms with E-state index >= 15 is 0 Å². The van der Waals surface area contributed by atoms with Crippen molar-refractivity contribution in [2.24, 2.45) is 0 Å². The molecule has 1 saturated heterocycles. The monoisotopic (exact) mass is 904 g/mol. The first-order valence-corrected chi connectivity index (χ1v) is 20.2. The van der Waals surface area contributed by atoms with Crippen molar-refractivity contribution in [1.82, 2.24) is 50.0 Å². The van der Waals surface area contributed by atoms with Crippen LogP contribution in [0.15, 0.2) is 79.8 Å². The average molecular weight is 905 g/mol. The molecule has 25 nitrogen and oxygen atoms in total. The van der Waals surface area contributed by atoms with Crippen molar-refractivity contribution in [2.45, 2.75) is 37.8 Å². The molecule has 8 rings (SSSR count). The smallest absolute Gasteiger partial charge is 0.296 e. The van der Waals surface area contributed by atoms with Gasteiger partial charge in [-0.15, -0.1) is 18.9 Å². The maximum Gasteiger partial charge on any atom is 0.296 e. The molecule has 0 radical (unpaired) electrons. The van der Waals surface area contributed by atoms with Gasteiger partial charge in [-0.2, -0.15) is 0 Å². The molecule has 65 heavy (non-hydrogen) atoms. The molecule has 0 aliphatic carbocycles. The summed E-state index contributed by atoms with van der Waals surface area (Å²) in [5, 5.41) is 52.0. The van der Waals surface area contributed by atoms with E-state index < -0.39 is 92.3 Å². The predicted molar refractivity (Wildman–Crippen MR) is 220 cm³/mol. The van der Waals surface area contributed by atoms with Gasteiger partial charge in [0.1, 0.15) is 33.9 Å². The highest BCUT2D eigenvalue weighted by Gasteiger charge is 2.33. The molecule has 0 unspecified atom stereocenters. The van der Waals surface area contributed by atoms with Gasteiger partial charge in [-0.25, -0.2) is 0 Å². The van der Waals surface area contributed by atoms with E-state index in [4.69, 9.17) is 4.74 Å². The fourth-order valence-corrected chi connectivity index (χ4v) is 7.05. The van der Waals surface area contributed by atoms with Crippen LogP contribution in [0.4, 0.5) is 0 Å². The first-order chi connectivity index (χ1) is 31.1. The van der Waals surface area contributed by atoms with Gasteiger partial charge < -0.3 is 56.6 Å². The van der Waals surface area contributed by atoms with Crippen LogP contribution in [0.1, 0.15) is 88.4 Å². The Hall–Kier alpha value is -8.22. The highest BCUT2D eigenvalue weighted by molar-refractivity contribution is 5.98. The molecular formula is C40H44N10O15. The molecule has 8 N–H and O–H groups in total. The number of ether oxygens (including phenoxy) is 1. The van der Waals surface area contributed by atoms with Crippen molar-refractivity contribution in [3.63, 3.8) is 0 Å². The minimum Gasteiger partial charge on any atom is -0.425 e. The van der Waals surface area contributed by atoms with Gasteiger partial charge in [-0.3, -0.25) is 47.9 Å². The quantitative estimate of drug-likeness (QED) is 0.0967. The molecule has 4 aromatic rings. The number of rotatable bonds is 2. The molecule has 0 saturated carbocycles. The molecule has 4 aromatic heterocycles. The number of pyridine rings is 4. The summed E-state index contributed by atoms with van der Waals surface area (Å²) in [7, 11) is 0. The van der Waals surface area contributed by atoms with Crippen LogP contribution in [-0.4, -0.2) is 150 Å². The summed E-state index contributed by atoms with van der Waals surface area (Å²) in [6, 6.07) is 9.15. The van der Waals surface area contributed by atoms with Gasteiger partial charge in [0.15, 0.2) is 0 Å². The van der Waals surface area contributed by atoms with Crippen LogP contribution < -0.4 is 43.5 Å². The van der Waals surface area contributed by atoms with Crippen molar-refractivity contribution in [3.05, 3.63) is 136 Å². The van der Waals surface area contributed by atoms with Gasteiger partial charge in [0.05, 0.1) is 25.3 Å². The van der Waals surface area contributed by atoms with Gasteiger partial charge >= 0.3 is 0 Å². The Labute approximate surface area is 365 Å². The maximum absolute atomic E-state index is 13.7. The molecular weight excluding hydrogens is 860 g/mol. The zero-order chi connectivity index (χ0) is 46.9. The van der Waals surface area contributed by atoms with E-state index in [1.165, 1.54) is 34.1 Å². The van der Waals surface area contributed by atoms with Crippen molar-refractivity contribution in [1.29, 1.82) is 0 Å². The van der Waals surface area contributed by atoms with E-state index in [0.717, 1.165) is 36.4 Å². The first kappa shape index (κ1) is 46.3. The maximum atomic E-state index is 13.7. The zero-order valence-corrected chi connectivity index (χ0v) is 34.4. The van der Waals surface area contributed by atoms with Crippen molar-refractivity contribution < 1.29 is 54.3 Å². The van der Waals surface area contributed by atoms with Gasteiger partial charge in [0.25, 0.3) is 57.7 Å². The third-order valence-corrected chi connectivity index (χ3v) is 10.5. The van der Waals surface area contributed by atoms with Crippen molar-refractivity contribution >= 4 is 35.4 Å². The van der Waals surface area contributed by atoms with Gasteiger partial charge in [0, 0.05) is 51.4 Å². The number of hydrogen-bond acceptors (Lipinski definition) is 15. The number of carbonyl (C=O) groups excluding carboxylic acids is 6. The predicted octanol–water partition coefficient (Wildman–Crippen LogP) is -2.47. The number of amides is 6. The largest absolute Gasteiger partial charge is 0.425 e. The highest BCUT2D eigenvalue weighted by Crippen LogP contribution is 2.12. The SMILES string of the molecule is O=C1NCCCN(C(=O)c2cccc(=O)n2O)CCCCN(C(=O)c2cccc(=O)n2O)CCCNC(=O)c2ccc(n(O)c2=O)C(=O)N[C@@H]2COC[C@@H]2NC(=O)c2ccc1c(=O)n2O. The van der Waals surface area contributed by atoms with Crippen LogP contribution in [0.3, 0.4) is 0 Å². The second-order valence-electron chi connectivity index (χ2n) is 14.8. The summed E-state index contributed by atoms with van der Waals surface area (Å²) in [5.74, 6) is -5.40. The van der Waals surface area contributed by atoms with Gasteiger partial charge in [-0.1, -0.05) is 12.1 Å². The Morgan fingerprint density at radius 2 is 0.877 bits per heavy atom. The summed E-state index contributed by atoms with van der Waals surface area (Å²) in [6.07, 6.45) is 0.550. The third kappa shape index (κ3) is 10.4. The Bertz CT molecular complexity index is 2580. The topological polar surface area (TPSA) is 335 Å². The summed E-state index contributed by atoms with van der Waals surface area (Å²) >= 11 is 0. The van der Waals surface area contributed by atoms with Gasteiger partial charge in [0.2, 0.25) is 0 Å². The molecule has 6 amide bonds. The zero-order valence-electron chi connectivity index (χ0n) is 34.4. The van der Waals surface area contributed by atoms with Crippen LogP contribution in [0, 0.1) is 0 Å². The van der Waals surface area contributed by atoms with Crippen LogP contribution in [0.2, 0.25) is 0 Å². The molecule has 344 valence electrons. The lowest BCUT2D eigenvalue weighted by Gasteiger charge is -2.26. The van der Waals surface area contributed by atoms with E-state index in [9.17, 15) is 68.8 Å². The Balaban J connectivity index is 1.27. The molecule has 8 heterocycles. The standard InChI is InChI=1S/C40H44N10O15/c51-31-9-3-7-29(47(31)61)39(59)45-17-1-2-18-46(40(60)30-8-4-10-32(52)48(30)62)20-6-16-42-34(54)24-12-14-28(50(64)38(24)58)36(56)44-26-22-65-21-25(26)43-35(55)27-13-11-23(37(57)49(27)63)33(53)41-15-5-19-45/h3-4,7-14,25-26,61-64H,1-2,5-6,15-22H2,(H,41,53)(H,42,54)(H,43,55)(H,44,56)/t25-,26+. The fourth-order valence-electron chi connectivity index (χ4n) is 7.05. The third-order valence-electron chi connectivity index (χ3n) is 10.5. The minimum atomic E-state index is -1.26. The van der Waals surface area contributed by atoms with Crippen LogP contribution in [-0.2, 0) is 4.74 Å². The number of nitrogens with zero attached hydrogens (tertiary/aromatic N) is 6. The minimum absolute atomic E-state index is 0.0146. The van der Waals surface area contributed by atoms with Gasteiger partial charge in [-0.05, 0) is 62.1 Å². The lowest BCUT2D eigenvalue weighted by atomic mass is 10.1. The number of carbonyl (C=O) groups is 6. The molecule has 4 aliphatic heterocycles. The van der Waals surface area contributed by atoms with Crippen LogP contribution in [0.5, 0.6) is 0 Å². The molecule has 0 aromatic carbocycles. The molecule has 25 heteroatoms. The average Bonchev–Trinajstić information content (AvgIpc) is 3.71. The lowest BCUT2D eigenvalue weighted by molar-refractivity contribution is 0.0657. The summed E-state index contributed by atoms with van der Waals surface area (Å²) in [6.45, 7) is -0.700. The number of nitrogens with one attached hydrogen (secondary N) is 4. The number of hydrogen-bond donors (Lipinski definition) is 8. The Morgan fingerprint density at radius 3 is 1.28 bits per heavy atom. The Kier molecular flexibility index (Phi) is 14.5. The van der Waals surface area contributed by atoms with E-state index in [1.807, 2.05) is 0 Å². The fraction of sp³-hybridized carbons (Fsp3) is 0.350. The number of aromatic nitrogens is 4. The van der Waals surface area contributed by atoms with E-state index in [0.29, 0.717) is 0 Å². The van der Waals surface area contributed by atoms with Crippen LogP contribution in [0.25, 0.3) is 0 Å².